The first-order chi connectivity index (χ1) is 25.1. The minimum Gasteiger partial charge on any atom is -0.396 e. The molecular formula is C36H40N6O6S4. The first-order valence-corrected chi connectivity index (χ1v) is 20.6. The van der Waals surface area contributed by atoms with Crippen LogP contribution in [0, 0.1) is 26.2 Å². The van der Waals surface area contributed by atoms with Crippen LogP contribution in [-0.2, 0) is 54.5 Å². The topological polar surface area (TPSA) is 190 Å². The van der Waals surface area contributed by atoms with E-state index in [0.717, 1.165) is 89.5 Å². The maximum Gasteiger partial charge on any atom is 0.255 e. The van der Waals surface area contributed by atoms with Crippen molar-refractivity contribution in [3.63, 3.8) is 0 Å². The predicted molar refractivity (Wildman–Crippen MR) is 207 cm³/mol. The SMILES string of the molecule is C#Cc1c(NC(=O)C(Sc2nc(C)c(CCO)c(=O)[nH]2)C(Sc2nc(C)c(CCO)c(=O)[nH]2)C(=O)Nc2sc3c(c2CC)CCC3)sc2c1CCC2. The van der Waals surface area contributed by atoms with E-state index in [2.05, 4.69) is 36.5 Å². The molecular weight excluding hydrogens is 741 g/mol. The van der Waals surface area contributed by atoms with Crippen molar-refractivity contribution in [3.05, 3.63) is 75.2 Å². The fourth-order valence-corrected chi connectivity index (χ4v) is 11.8. The number of aryl methyl sites for hydroxylation is 4. The smallest absolute Gasteiger partial charge is 0.255 e. The lowest BCUT2D eigenvalue weighted by Gasteiger charge is -2.24. The van der Waals surface area contributed by atoms with E-state index in [1.54, 1.807) is 25.2 Å². The number of thioether (sulfide) groups is 2. The Morgan fingerprint density at radius 2 is 1.29 bits per heavy atom. The highest BCUT2D eigenvalue weighted by Crippen LogP contribution is 2.42. The van der Waals surface area contributed by atoms with Gasteiger partial charge in [0.1, 0.15) is 15.5 Å². The molecule has 4 heterocycles. The van der Waals surface area contributed by atoms with Crippen LogP contribution in [0.2, 0.25) is 0 Å². The summed E-state index contributed by atoms with van der Waals surface area (Å²) >= 11 is 4.82. The number of hydrogen-bond acceptors (Lipinski definition) is 12. The highest BCUT2D eigenvalue weighted by molar-refractivity contribution is 8.04. The zero-order chi connectivity index (χ0) is 37.1. The molecule has 0 bridgehead atoms. The number of aliphatic hydroxyl groups is 2. The molecule has 4 aromatic heterocycles. The van der Waals surface area contributed by atoms with Crippen molar-refractivity contribution in [1.29, 1.82) is 0 Å². The van der Waals surface area contributed by atoms with Crippen LogP contribution in [0.5, 0.6) is 0 Å². The number of carbonyl (C=O) groups excluding carboxylic acids is 2. The van der Waals surface area contributed by atoms with E-state index >= 15 is 0 Å². The van der Waals surface area contributed by atoms with E-state index in [9.17, 15) is 29.4 Å². The molecule has 6 N–H and O–H groups in total. The van der Waals surface area contributed by atoms with Gasteiger partial charge in [-0.2, -0.15) is 0 Å². The Morgan fingerprint density at radius 1 is 0.808 bits per heavy atom. The van der Waals surface area contributed by atoms with Crippen molar-refractivity contribution >= 4 is 68.0 Å². The van der Waals surface area contributed by atoms with Crippen molar-refractivity contribution in [3.8, 4) is 12.3 Å². The molecule has 4 aromatic rings. The Bertz CT molecular complexity index is 2180. The average Bonchev–Trinajstić information content (AvgIpc) is 3.88. The van der Waals surface area contributed by atoms with Crippen molar-refractivity contribution in [2.24, 2.45) is 0 Å². The van der Waals surface area contributed by atoms with Crippen LogP contribution in [0.3, 0.4) is 0 Å². The number of H-pyrrole nitrogens is 2. The van der Waals surface area contributed by atoms with Gasteiger partial charge in [0.05, 0.1) is 10.6 Å². The number of amides is 2. The van der Waals surface area contributed by atoms with Gasteiger partial charge in [-0.25, -0.2) is 9.97 Å². The number of aromatic amines is 2. The second-order valence-corrected chi connectivity index (χ2v) is 17.1. The van der Waals surface area contributed by atoms with E-state index in [4.69, 9.17) is 6.42 Å². The molecule has 0 saturated heterocycles. The lowest BCUT2D eigenvalue weighted by atomic mass is 10.1. The van der Waals surface area contributed by atoms with Gasteiger partial charge in [-0.3, -0.25) is 19.2 Å². The Balaban J connectivity index is 1.44. The van der Waals surface area contributed by atoms with Gasteiger partial charge >= 0.3 is 0 Å². The maximum absolute atomic E-state index is 14.6. The Hall–Kier alpha value is -3.72. The number of nitrogens with one attached hydrogen (secondary N) is 4. The fourth-order valence-electron chi connectivity index (χ4n) is 6.80. The van der Waals surface area contributed by atoms with E-state index in [-0.39, 0.29) is 36.4 Å². The first kappa shape index (κ1) is 38.0. The minimum absolute atomic E-state index is 0.105. The zero-order valence-electron chi connectivity index (χ0n) is 29.1. The second kappa shape index (κ2) is 16.5. The van der Waals surface area contributed by atoms with Gasteiger partial charge < -0.3 is 30.8 Å². The number of aliphatic hydroxyl groups excluding tert-OH is 2. The number of aromatic nitrogens is 4. The monoisotopic (exact) mass is 780 g/mol. The van der Waals surface area contributed by atoms with Crippen molar-refractivity contribution in [2.75, 3.05) is 23.8 Å². The summed E-state index contributed by atoms with van der Waals surface area (Å²) in [6.45, 7) is 4.88. The van der Waals surface area contributed by atoms with Crippen LogP contribution in [0.1, 0.15) is 74.3 Å². The van der Waals surface area contributed by atoms with Crippen molar-refractivity contribution < 1.29 is 19.8 Å². The summed E-state index contributed by atoms with van der Waals surface area (Å²) < 4.78 is 0. The highest BCUT2D eigenvalue weighted by atomic mass is 32.2. The summed E-state index contributed by atoms with van der Waals surface area (Å²) in [5.41, 5.74) is 4.54. The minimum atomic E-state index is -1.22. The molecule has 0 saturated carbocycles. The third-order valence-corrected chi connectivity index (χ3v) is 14.3. The van der Waals surface area contributed by atoms with Crippen LogP contribution in [-0.4, -0.2) is 65.7 Å². The van der Waals surface area contributed by atoms with Gasteiger partial charge in [-0.15, -0.1) is 29.1 Å². The van der Waals surface area contributed by atoms with Crippen LogP contribution in [0.15, 0.2) is 19.9 Å². The van der Waals surface area contributed by atoms with Gasteiger partial charge in [0.15, 0.2) is 10.3 Å². The van der Waals surface area contributed by atoms with Gasteiger partial charge in [0.2, 0.25) is 11.8 Å². The molecule has 2 atom stereocenters. The molecule has 2 amide bonds. The predicted octanol–water partition coefficient (Wildman–Crippen LogP) is 4.08. The number of carbonyl (C=O) groups is 2. The molecule has 0 aliphatic heterocycles. The molecule has 16 heteroatoms. The Kier molecular flexibility index (Phi) is 12.1. The van der Waals surface area contributed by atoms with Gasteiger partial charge in [0.25, 0.3) is 11.1 Å². The summed E-state index contributed by atoms with van der Waals surface area (Å²) in [6, 6.07) is 0. The van der Waals surface area contributed by atoms with Crippen LogP contribution < -0.4 is 21.8 Å². The molecule has 0 spiro atoms. The normalized spacial score (nSPS) is 14.5. The average molecular weight is 781 g/mol. The quantitative estimate of drug-likeness (QED) is 0.0618. The molecule has 274 valence electrons. The molecule has 0 aromatic carbocycles. The molecule has 6 rings (SSSR count). The molecule has 2 aliphatic rings. The van der Waals surface area contributed by atoms with E-state index in [1.165, 1.54) is 21.8 Å². The van der Waals surface area contributed by atoms with Crippen molar-refractivity contribution in [1.82, 2.24) is 19.9 Å². The van der Waals surface area contributed by atoms with Crippen molar-refractivity contribution in [2.45, 2.75) is 99.4 Å². The third-order valence-electron chi connectivity index (χ3n) is 9.32. The third kappa shape index (κ3) is 7.80. The largest absolute Gasteiger partial charge is 0.396 e. The molecule has 0 radical (unpaired) electrons. The van der Waals surface area contributed by atoms with Crippen LogP contribution in [0.25, 0.3) is 0 Å². The standard InChI is InChI=1S/C36H40N6O6S4/c1-5-19-23-9-7-11-25(23)49-33(19)39-31(47)27(51-35-37-17(3)21(13-15-43)29(45)41-35)28(52-36-38-18(4)22(14-16-44)30(46)42-36)32(48)40-34-20(6-2)24-10-8-12-26(24)50-34/h1,27-28,43-44H,6-16H2,2-4H3,(H,39,47)(H,40,48)(H,37,41,45)(H,38,42,46). The number of fused-ring (bicyclic) bond motifs is 2. The number of rotatable bonds is 14. The number of terminal acetylenes is 1. The van der Waals surface area contributed by atoms with Gasteiger partial charge in [-0.05, 0) is 75.5 Å². The highest BCUT2D eigenvalue weighted by Gasteiger charge is 2.39. The van der Waals surface area contributed by atoms with Crippen LogP contribution >= 0.6 is 46.2 Å². The Labute approximate surface area is 317 Å². The molecule has 52 heavy (non-hydrogen) atoms. The van der Waals surface area contributed by atoms with Gasteiger partial charge in [-0.1, -0.05) is 36.4 Å². The number of nitrogens with zero attached hydrogens (tertiary/aromatic N) is 2. The molecule has 2 unspecified atom stereocenters. The molecule has 12 nitrogen and oxygen atoms in total. The number of hydrogen-bond donors (Lipinski definition) is 6. The van der Waals surface area contributed by atoms with E-state index in [1.807, 2.05) is 6.92 Å². The number of anilines is 2. The maximum atomic E-state index is 14.6. The zero-order valence-corrected chi connectivity index (χ0v) is 32.3. The van der Waals surface area contributed by atoms with E-state index < -0.39 is 33.4 Å². The number of thiophene rings is 2. The lowest BCUT2D eigenvalue weighted by molar-refractivity contribution is -0.120. The summed E-state index contributed by atoms with van der Waals surface area (Å²) in [6.07, 6.45) is 12.5. The summed E-state index contributed by atoms with van der Waals surface area (Å²) in [7, 11) is 0. The van der Waals surface area contributed by atoms with Gasteiger partial charge in [0, 0.05) is 58.3 Å². The molecule has 2 aliphatic carbocycles. The summed E-state index contributed by atoms with van der Waals surface area (Å²) in [4.78, 5) is 72.4. The Morgan fingerprint density at radius 3 is 1.77 bits per heavy atom. The lowest BCUT2D eigenvalue weighted by Crippen LogP contribution is -2.42. The fraction of sp³-hybridized carbons (Fsp3) is 0.444. The first-order valence-electron chi connectivity index (χ1n) is 17.2. The summed E-state index contributed by atoms with van der Waals surface area (Å²) in [5, 5.41) is 24.2. The van der Waals surface area contributed by atoms with E-state index in [0.29, 0.717) is 33.1 Å². The molecule has 0 fully saturated rings. The van der Waals surface area contributed by atoms with Crippen LogP contribution in [0.4, 0.5) is 10.0 Å². The summed E-state index contributed by atoms with van der Waals surface area (Å²) in [5.74, 6) is 1.71. The second-order valence-electron chi connectivity index (χ2n) is 12.6.